The van der Waals surface area contributed by atoms with E-state index in [2.05, 4.69) is 47.5 Å². The van der Waals surface area contributed by atoms with Gasteiger partial charge in [-0.05, 0) is 38.4 Å². The van der Waals surface area contributed by atoms with E-state index in [0.717, 1.165) is 12.6 Å². The van der Waals surface area contributed by atoms with Gasteiger partial charge in [-0.2, -0.15) is 0 Å². The van der Waals surface area contributed by atoms with E-state index in [4.69, 9.17) is 0 Å². The Hall–Kier alpha value is -0.860. The first kappa shape index (κ1) is 12.6. The molecule has 0 saturated heterocycles. The summed E-state index contributed by atoms with van der Waals surface area (Å²) in [4.78, 5) is 2.69. The Morgan fingerprint density at radius 1 is 1.29 bits per heavy atom. The molecule has 2 nitrogen and oxygen atoms in total. The Bertz CT molecular complexity index is 319. The molecule has 1 aromatic rings. The van der Waals surface area contributed by atoms with E-state index in [1.807, 2.05) is 7.05 Å². The smallest absolute Gasteiger partial charge is 0.0475 e. The summed E-state index contributed by atoms with van der Waals surface area (Å²) in [6.45, 7) is 4.53. The van der Waals surface area contributed by atoms with E-state index in [0.29, 0.717) is 6.04 Å². The normalized spacial score (nSPS) is 17.4. The predicted octanol–water partition coefficient (Wildman–Crippen LogP) is 2.82. The molecule has 0 amide bonds. The van der Waals surface area contributed by atoms with Crippen molar-refractivity contribution in [3.63, 3.8) is 0 Å². The first-order chi connectivity index (χ1) is 8.36. The van der Waals surface area contributed by atoms with E-state index < -0.39 is 0 Å². The van der Waals surface area contributed by atoms with Crippen LogP contribution in [0.15, 0.2) is 30.3 Å². The van der Waals surface area contributed by atoms with E-state index in [9.17, 15) is 0 Å². The van der Waals surface area contributed by atoms with Gasteiger partial charge in [0.25, 0.3) is 0 Å². The Balaban J connectivity index is 2.14. The van der Waals surface area contributed by atoms with E-state index in [-0.39, 0.29) is 0 Å². The fourth-order valence-electron chi connectivity index (χ4n) is 2.55. The van der Waals surface area contributed by atoms with Crippen molar-refractivity contribution in [1.82, 2.24) is 10.2 Å². The van der Waals surface area contributed by atoms with Gasteiger partial charge >= 0.3 is 0 Å². The zero-order valence-electron chi connectivity index (χ0n) is 11.0. The number of nitrogens with one attached hydrogen (secondary N) is 1. The minimum Gasteiger partial charge on any atom is -0.318 e. The van der Waals surface area contributed by atoms with Crippen molar-refractivity contribution in [3.8, 4) is 0 Å². The number of hydrogen-bond donors (Lipinski definition) is 1. The van der Waals surface area contributed by atoms with Crippen molar-refractivity contribution in [2.45, 2.75) is 38.3 Å². The van der Waals surface area contributed by atoms with Crippen LogP contribution in [0.4, 0.5) is 0 Å². The monoisotopic (exact) mass is 232 g/mol. The van der Waals surface area contributed by atoms with Crippen molar-refractivity contribution < 1.29 is 0 Å². The van der Waals surface area contributed by atoms with Crippen molar-refractivity contribution >= 4 is 0 Å². The van der Waals surface area contributed by atoms with Crippen LogP contribution in [-0.4, -0.2) is 31.1 Å². The summed E-state index contributed by atoms with van der Waals surface area (Å²) >= 11 is 0. The molecule has 1 aromatic carbocycles. The fourth-order valence-corrected chi connectivity index (χ4v) is 2.55. The standard InChI is InChI=1S/C15H24N2/c1-3-11-17(14-9-10-14)15(12-16-2)13-7-5-4-6-8-13/h4-8,14-16H,3,9-12H2,1-2H3. The molecular weight excluding hydrogens is 208 g/mol. The lowest BCUT2D eigenvalue weighted by Gasteiger charge is -2.32. The molecule has 0 aromatic heterocycles. The Morgan fingerprint density at radius 2 is 2.00 bits per heavy atom. The van der Waals surface area contributed by atoms with Crippen molar-refractivity contribution in [3.05, 3.63) is 35.9 Å². The molecule has 0 radical (unpaired) electrons. The van der Waals surface area contributed by atoms with E-state index >= 15 is 0 Å². The SMILES string of the molecule is CCCN(C1CC1)C(CNC)c1ccccc1. The van der Waals surface area contributed by atoms with Gasteiger partial charge in [0.05, 0.1) is 0 Å². The molecule has 2 heteroatoms. The second-order valence-corrected chi connectivity index (χ2v) is 4.95. The molecule has 1 N–H and O–H groups in total. The largest absolute Gasteiger partial charge is 0.318 e. The van der Waals surface area contributed by atoms with Gasteiger partial charge in [0, 0.05) is 18.6 Å². The molecule has 1 saturated carbocycles. The lowest BCUT2D eigenvalue weighted by Crippen LogP contribution is -2.37. The van der Waals surface area contributed by atoms with E-state index in [1.165, 1.54) is 31.4 Å². The Kier molecular flexibility index (Phi) is 4.57. The Morgan fingerprint density at radius 3 is 2.53 bits per heavy atom. The summed E-state index contributed by atoms with van der Waals surface area (Å²) < 4.78 is 0. The lowest BCUT2D eigenvalue weighted by atomic mass is 10.0. The number of hydrogen-bond acceptors (Lipinski definition) is 2. The topological polar surface area (TPSA) is 15.3 Å². The minimum absolute atomic E-state index is 0.536. The van der Waals surface area contributed by atoms with Crippen LogP contribution in [0.3, 0.4) is 0 Å². The molecule has 1 atom stereocenters. The van der Waals surface area contributed by atoms with Crippen LogP contribution < -0.4 is 5.32 Å². The summed E-state index contributed by atoms with van der Waals surface area (Å²) in [5, 5.41) is 3.35. The zero-order valence-corrected chi connectivity index (χ0v) is 11.0. The van der Waals surface area contributed by atoms with Gasteiger partial charge in [-0.25, -0.2) is 0 Å². The van der Waals surface area contributed by atoms with Crippen molar-refractivity contribution in [2.75, 3.05) is 20.1 Å². The molecule has 0 bridgehead atoms. The van der Waals surface area contributed by atoms with Crippen molar-refractivity contribution in [2.24, 2.45) is 0 Å². The van der Waals surface area contributed by atoms with Crippen LogP contribution in [0.2, 0.25) is 0 Å². The predicted molar refractivity (Wildman–Crippen MR) is 73.1 cm³/mol. The van der Waals surface area contributed by atoms with Crippen LogP contribution in [0, 0.1) is 0 Å². The third-order valence-corrected chi connectivity index (χ3v) is 3.48. The fraction of sp³-hybridized carbons (Fsp3) is 0.600. The molecule has 17 heavy (non-hydrogen) atoms. The summed E-state index contributed by atoms with van der Waals surface area (Å²) in [5.41, 5.74) is 1.45. The number of benzene rings is 1. The van der Waals surface area contributed by atoms with Crippen LogP contribution in [0.25, 0.3) is 0 Å². The summed E-state index contributed by atoms with van der Waals surface area (Å²) in [7, 11) is 2.05. The van der Waals surface area contributed by atoms with Gasteiger partial charge in [0.2, 0.25) is 0 Å². The second-order valence-electron chi connectivity index (χ2n) is 4.95. The maximum atomic E-state index is 3.35. The highest BCUT2D eigenvalue weighted by molar-refractivity contribution is 5.20. The van der Waals surface area contributed by atoms with Gasteiger partial charge in [0.15, 0.2) is 0 Å². The molecule has 0 aliphatic heterocycles. The number of nitrogens with zero attached hydrogens (tertiary/aromatic N) is 1. The molecule has 94 valence electrons. The zero-order chi connectivity index (χ0) is 12.1. The van der Waals surface area contributed by atoms with Crippen molar-refractivity contribution in [1.29, 1.82) is 0 Å². The third kappa shape index (κ3) is 3.30. The molecule has 1 aliphatic carbocycles. The maximum absolute atomic E-state index is 3.35. The number of likely N-dealkylation sites (N-methyl/N-ethyl adjacent to an activating group) is 1. The van der Waals surface area contributed by atoms with Gasteiger partial charge in [-0.3, -0.25) is 4.90 Å². The molecule has 2 rings (SSSR count). The summed E-state index contributed by atoms with van der Waals surface area (Å²) in [5.74, 6) is 0. The van der Waals surface area contributed by atoms with Gasteiger partial charge in [-0.1, -0.05) is 37.3 Å². The van der Waals surface area contributed by atoms with Gasteiger partial charge < -0.3 is 5.32 Å². The third-order valence-electron chi connectivity index (χ3n) is 3.48. The first-order valence-electron chi connectivity index (χ1n) is 6.82. The average Bonchev–Trinajstić information content (AvgIpc) is 3.19. The van der Waals surface area contributed by atoms with Crippen LogP contribution in [0.1, 0.15) is 37.8 Å². The molecule has 0 heterocycles. The second kappa shape index (κ2) is 6.18. The van der Waals surface area contributed by atoms with Crippen LogP contribution in [0.5, 0.6) is 0 Å². The highest BCUT2D eigenvalue weighted by Crippen LogP contribution is 2.34. The molecule has 1 unspecified atom stereocenters. The Labute approximate surface area is 105 Å². The summed E-state index contributed by atoms with van der Waals surface area (Å²) in [6.07, 6.45) is 4.00. The highest BCUT2D eigenvalue weighted by atomic mass is 15.2. The quantitative estimate of drug-likeness (QED) is 0.777. The van der Waals surface area contributed by atoms with Gasteiger partial charge in [-0.15, -0.1) is 0 Å². The molecular formula is C15H24N2. The van der Waals surface area contributed by atoms with E-state index in [1.54, 1.807) is 0 Å². The lowest BCUT2D eigenvalue weighted by molar-refractivity contribution is 0.185. The van der Waals surface area contributed by atoms with Crippen LogP contribution >= 0.6 is 0 Å². The minimum atomic E-state index is 0.536. The highest BCUT2D eigenvalue weighted by Gasteiger charge is 2.33. The first-order valence-corrected chi connectivity index (χ1v) is 6.82. The van der Waals surface area contributed by atoms with Gasteiger partial charge in [0.1, 0.15) is 0 Å². The van der Waals surface area contributed by atoms with Crippen LogP contribution in [-0.2, 0) is 0 Å². The molecule has 0 spiro atoms. The summed E-state index contributed by atoms with van der Waals surface area (Å²) in [6, 6.07) is 12.3. The molecule has 1 fully saturated rings. The maximum Gasteiger partial charge on any atom is 0.0475 e. The average molecular weight is 232 g/mol. The molecule has 1 aliphatic rings. The number of rotatable bonds is 7.